The number of carbonyl (C=O) groups is 1. The Hall–Kier alpha value is -1.63. The monoisotopic (exact) mass is 263 g/mol. The predicted octanol–water partition coefficient (Wildman–Crippen LogP) is -0.0160. The van der Waals surface area contributed by atoms with Crippen LogP contribution in [-0.2, 0) is 4.79 Å². The lowest BCUT2D eigenvalue weighted by molar-refractivity contribution is -0.130. The molecule has 104 valence electrons. The molecule has 2 N–H and O–H groups in total. The van der Waals surface area contributed by atoms with Gasteiger partial charge in [-0.3, -0.25) is 4.79 Å². The van der Waals surface area contributed by atoms with Crippen LogP contribution in [0.3, 0.4) is 0 Å². The summed E-state index contributed by atoms with van der Waals surface area (Å²) in [7, 11) is 0. The molecule has 1 rings (SSSR count). The first-order chi connectivity index (χ1) is 9.11. The molecule has 6 nitrogen and oxygen atoms in total. The van der Waals surface area contributed by atoms with E-state index >= 15 is 0 Å². The van der Waals surface area contributed by atoms with Gasteiger partial charge in [-0.15, -0.1) is 0 Å². The van der Waals surface area contributed by atoms with Crippen LogP contribution in [0, 0.1) is 22.7 Å². The van der Waals surface area contributed by atoms with Crippen LogP contribution in [0.15, 0.2) is 0 Å². The molecule has 0 bridgehead atoms. The van der Waals surface area contributed by atoms with Crippen molar-refractivity contribution < 1.29 is 4.79 Å². The number of nitriles is 2. The van der Waals surface area contributed by atoms with Crippen molar-refractivity contribution in [1.29, 1.82) is 10.5 Å². The van der Waals surface area contributed by atoms with Crippen LogP contribution in [-0.4, -0.2) is 49.1 Å². The van der Waals surface area contributed by atoms with Gasteiger partial charge in [-0.05, 0) is 19.9 Å². The van der Waals surface area contributed by atoms with Gasteiger partial charge in [0.15, 0.2) is 0 Å². The number of hydrogen-bond donors (Lipinski definition) is 2. The lowest BCUT2D eigenvalue weighted by Crippen LogP contribution is -2.49. The lowest BCUT2D eigenvalue weighted by atomic mass is 10.0. The van der Waals surface area contributed by atoms with Gasteiger partial charge >= 0.3 is 0 Å². The summed E-state index contributed by atoms with van der Waals surface area (Å²) in [5, 5.41) is 23.7. The summed E-state index contributed by atoms with van der Waals surface area (Å²) in [6, 6.07) is 4.05. The smallest absolute Gasteiger partial charge is 0.236 e. The second kappa shape index (κ2) is 7.73. The molecule has 1 fully saturated rings. The molecule has 0 saturated carbocycles. The Bertz CT molecular complexity index is 357. The Balaban J connectivity index is 2.42. The fourth-order valence-electron chi connectivity index (χ4n) is 2.10. The molecule has 0 aromatic heterocycles. The zero-order valence-corrected chi connectivity index (χ0v) is 11.4. The van der Waals surface area contributed by atoms with Crippen molar-refractivity contribution in [3.63, 3.8) is 0 Å². The van der Waals surface area contributed by atoms with Gasteiger partial charge in [0.1, 0.15) is 0 Å². The van der Waals surface area contributed by atoms with Crippen molar-refractivity contribution in [2.75, 3.05) is 32.7 Å². The zero-order valence-electron chi connectivity index (χ0n) is 11.4. The van der Waals surface area contributed by atoms with Crippen LogP contribution >= 0.6 is 0 Å². The van der Waals surface area contributed by atoms with E-state index in [1.807, 2.05) is 12.1 Å². The molecule has 19 heavy (non-hydrogen) atoms. The third-order valence-electron chi connectivity index (χ3n) is 3.37. The molecule has 1 heterocycles. The molecule has 1 aliphatic heterocycles. The number of nitrogens with zero attached hydrogens (tertiary/aromatic N) is 3. The highest BCUT2D eigenvalue weighted by molar-refractivity contribution is 5.78. The Kier molecular flexibility index (Phi) is 6.27. The number of rotatable bonds is 7. The number of hydrogen-bond acceptors (Lipinski definition) is 5. The average Bonchev–Trinajstić information content (AvgIpc) is 2.84. The van der Waals surface area contributed by atoms with Gasteiger partial charge in [-0.1, -0.05) is 0 Å². The molecule has 0 aromatic rings. The molecular formula is C13H21N5O. The molecule has 0 aliphatic carbocycles. The summed E-state index contributed by atoms with van der Waals surface area (Å²) >= 11 is 0. The molecule has 0 radical (unpaired) electrons. The summed E-state index contributed by atoms with van der Waals surface area (Å²) in [6.45, 7) is 4.96. The highest BCUT2D eigenvalue weighted by Crippen LogP contribution is 2.12. The van der Waals surface area contributed by atoms with Gasteiger partial charge in [-0.25, -0.2) is 0 Å². The lowest BCUT2D eigenvalue weighted by Gasteiger charge is -2.27. The maximum absolute atomic E-state index is 12.1. The van der Waals surface area contributed by atoms with Crippen LogP contribution in [0.1, 0.15) is 26.2 Å². The van der Waals surface area contributed by atoms with E-state index in [0.29, 0.717) is 25.9 Å². The van der Waals surface area contributed by atoms with Crippen molar-refractivity contribution in [1.82, 2.24) is 15.5 Å². The Morgan fingerprint density at radius 1 is 1.37 bits per heavy atom. The van der Waals surface area contributed by atoms with E-state index in [9.17, 15) is 4.79 Å². The van der Waals surface area contributed by atoms with Gasteiger partial charge in [0, 0.05) is 25.2 Å². The van der Waals surface area contributed by atoms with E-state index in [-0.39, 0.29) is 18.0 Å². The standard InChI is InChI=1S/C13H21N5O/c1-13(4-7-16-11-13)17-10-12(19)18(8-2-5-14)9-3-6-15/h16-17H,2-4,7-11H2,1H3. The van der Waals surface area contributed by atoms with Crippen LogP contribution < -0.4 is 10.6 Å². The first-order valence-corrected chi connectivity index (χ1v) is 6.59. The number of amides is 1. The Morgan fingerprint density at radius 2 is 2.00 bits per heavy atom. The summed E-state index contributed by atoms with van der Waals surface area (Å²) in [6.07, 6.45) is 1.60. The van der Waals surface area contributed by atoms with Crippen LogP contribution in [0.4, 0.5) is 0 Å². The van der Waals surface area contributed by atoms with Crippen LogP contribution in [0.25, 0.3) is 0 Å². The molecule has 1 amide bonds. The van der Waals surface area contributed by atoms with Crippen molar-refractivity contribution in [3.05, 3.63) is 0 Å². The minimum Gasteiger partial charge on any atom is -0.340 e. The van der Waals surface area contributed by atoms with Crippen molar-refractivity contribution in [2.45, 2.75) is 31.7 Å². The average molecular weight is 263 g/mol. The van der Waals surface area contributed by atoms with Crippen LogP contribution in [0.5, 0.6) is 0 Å². The molecule has 0 spiro atoms. The van der Waals surface area contributed by atoms with Gasteiger partial charge < -0.3 is 15.5 Å². The third kappa shape index (κ3) is 5.25. The van der Waals surface area contributed by atoms with E-state index in [4.69, 9.17) is 10.5 Å². The molecule has 1 unspecified atom stereocenters. The summed E-state index contributed by atoms with van der Waals surface area (Å²) in [4.78, 5) is 13.7. The van der Waals surface area contributed by atoms with Crippen LogP contribution in [0.2, 0.25) is 0 Å². The summed E-state index contributed by atoms with van der Waals surface area (Å²) < 4.78 is 0. The van der Waals surface area contributed by atoms with E-state index in [1.54, 1.807) is 4.90 Å². The fourth-order valence-corrected chi connectivity index (χ4v) is 2.10. The largest absolute Gasteiger partial charge is 0.340 e. The fraction of sp³-hybridized carbons (Fsp3) is 0.769. The Morgan fingerprint density at radius 3 is 2.47 bits per heavy atom. The molecule has 1 saturated heterocycles. The zero-order chi connectivity index (χ0) is 14.1. The maximum atomic E-state index is 12.1. The second-order valence-corrected chi connectivity index (χ2v) is 5.04. The minimum absolute atomic E-state index is 0.0359. The van der Waals surface area contributed by atoms with Gasteiger partial charge in [0.05, 0.1) is 31.5 Å². The van der Waals surface area contributed by atoms with E-state index in [1.165, 1.54) is 0 Å². The first kappa shape index (κ1) is 15.4. The third-order valence-corrected chi connectivity index (χ3v) is 3.37. The van der Waals surface area contributed by atoms with E-state index in [0.717, 1.165) is 19.5 Å². The summed E-state index contributed by atoms with van der Waals surface area (Å²) in [5.41, 5.74) is -0.0359. The second-order valence-electron chi connectivity index (χ2n) is 5.04. The summed E-state index contributed by atoms with van der Waals surface area (Å²) in [5.74, 6) is -0.0429. The quantitative estimate of drug-likeness (QED) is 0.673. The highest BCUT2D eigenvalue weighted by atomic mass is 16.2. The van der Waals surface area contributed by atoms with E-state index < -0.39 is 0 Å². The van der Waals surface area contributed by atoms with Gasteiger partial charge in [0.2, 0.25) is 5.91 Å². The van der Waals surface area contributed by atoms with Crippen molar-refractivity contribution >= 4 is 5.91 Å². The molecule has 1 aliphatic rings. The van der Waals surface area contributed by atoms with Gasteiger partial charge in [0.25, 0.3) is 0 Å². The van der Waals surface area contributed by atoms with E-state index in [2.05, 4.69) is 17.6 Å². The Labute approximate surface area is 114 Å². The van der Waals surface area contributed by atoms with Crippen molar-refractivity contribution in [3.8, 4) is 12.1 Å². The molecule has 0 aromatic carbocycles. The number of carbonyl (C=O) groups excluding carboxylic acids is 1. The topological polar surface area (TPSA) is 92.0 Å². The van der Waals surface area contributed by atoms with Crippen molar-refractivity contribution in [2.24, 2.45) is 0 Å². The first-order valence-electron chi connectivity index (χ1n) is 6.59. The van der Waals surface area contributed by atoms with Gasteiger partial charge in [-0.2, -0.15) is 10.5 Å². The number of nitrogens with one attached hydrogen (secondary N) is 2. The molecule has 6 heteroatoms. The molecule has 1 atom stereocenters. The normalized spacial score (nSPS) is 21.6. The SMILES string of the molecule is CC1(NCC(=O)N(CCC#N)CCC#N)CCNC1. The highest BCUT2D eigenvalue weighted by Gasteiger charge is 2.28. The maximum Gasteiger partial charge on any atom is 0.236 e. The predicted molar refractivity (Wildman–Crippen MR) is 70.9 cm³/mol. The minimum atomic E-state index is -0.0429. The molecular weight excluding hydrogens is 242 g/mol.